The minimum atomic E-state index is -0.743. The van der Waals surface area contributed by atoms with Gasteiger partial charge in [-0.05, 0) is 34.8 Å². The fourth-order valence-electron chi connectivity index (χ4n) is 1.07. The topological polar surface area (TPSA) is 46.5 Å². The van der Waals surface area contributed by atoms with E-state index in [4.69, 9.17) is 9.84 Å². The molecule has 0 aliphatic rings. The van der Waals surface area contributed by atoms with E-state index in [9.17, 15) is 4.79 Å². The molecular weight excluding hydrogens is 268 g/mol. The summed E-state index contributed by atoms with van der Waals surface area (Å²) < 4.78 is 6.05. The van der Waals surface area contributed by atoms with Crippen LogP contribution >= 0.6 is 27.3 Å². The van der Waals surface area contributed by atoms with Crippen molar-refractivity contribution >= 4 is 33.2 Å². The number of thiophene rings is 1. The lowest BCUT2D eigenvalue weighted by Gasteiger charge is -1.94. The second-order valence-corrected chi connectivity index (χ2v) is 4.75. The highest BCUT2D eigenvalue weighted by Crippen LogP contribution is 2.35. The predicted octanol–water partition coefficient (Wildman–Crippen LogP) is 2.93. The maximum Gasteiger partial charge on any atom is 0.303 e. The highest BCUT2D eigenvalue weighted by molar-refractivity contribution is 9.10. The van der Waals surface area contributed by atoms with Gasteiger partial charge in [-0.2, -0.15) is 0 Å². The zero-order chi connectivity index (χ0) is 10.6. The molecule has 1 N–H and O–H groups in total. The van der Waals surface area contributed by atoms with Crippen molar-refractivity contribution in [1.29, 1.82) is 0 Å². The van der Waals surface area contributed by atoms with E-state index in [1.807, 2.05) is 6.07 Å². The Morgan fingerprint density at radius 3 is 2.93 bits per heavy atom. The molecule has 0 bridgehead atoms. The van der Waals surface area contributed by atoms with E-state index in [1.165, 1.54) is 0 Å². The quantitative estimate of drug-likeness (QED) is 0.901. The number of methoxy groups -OCH3 is 1. The van der Waals surface area contributed by atoms with Gasteiger partial charge in [0.15, 0.2) is 5.06 Å². The molecule has 0 aliphatic carbocycles. The van der Waals surface area contributed by atoms with Crippen LogP contribution in [-0.2, 0) is 11.2 Å². The first-order valence-corrected chi connectivity index (χ1v) is 5.78. The number of hydrogen-bond donors (Lipinski definition) is 1. The van der Waals surface area contributed by atoms with Crippen molar-refractivity contribution in [2.75, 3.05) is 7.11 Å². The lowest BCUT2D eigenvalue weighted by Crippen LogP contribution is -1.94. The van der Waals surface area contributed by atoms with Gasteiger partial charge in [0, 0.05) is 11.3 Å². The summed E-state index contributed by atoms with van der Waals surface area (Å²) in [6, 6.07) is 1.98. The summed E-state index contributed by atoms with van der Waals surface area (Å²) in [6.45, 7) is 0. The van der Waals surface area contributed by atoms with Crippen LogP contribution in [0.3, 0.4) is 0 Å². The minimum absolute atomic E-state index is 0.220. The fourth-order valence-corrected chi connectivity index (χ4v) is 2.81. The molecule has 3 nitrogen and oxygen atoms in total. The number of ether oxygens (including phenoxy) is 1. The molecule has 0 aromatic carbocycles. The van der Waals surface area contributed by atoms with Crippen molar-refractivity contribution in [1.82, 2.24) is 0 Å². The zero-order valence-corrected chi connectivity index (χ0v) is 10.2. The van der Waals surface area contributed by atoms with E-state index in [0.717, 1.165) is 20.8 Å². The molecule has 1 heterocycles. The van der Waals surface area contributed by atoms with Gasteiger partial charge in [-0.3, -0.25) is 4.79 Å². The molecule has 0 unspecified atom stereocenters. The number of halogens is 1. The molecule has 1 rings (SSSR count). The van der Waals surface area contributed by atoms with E-state index in [2.05, 4.69) is 15.9 Å². The first-order chi connectivity index (χ1) is 6.63. The number of aliphatic carboxylic acids is 1. The summed E-state index contributed by atoms with van der Waals surface area (Å²) in [4.78, 5) is 11.4. The van der Waals surface area contributed by atoms with Crippen LogP contribution in [0.5, 0.6) is 5.06 Å². The van der Waals surface area contributed by atoms with Crippen molar-refractivity contribution in [3.63, 3.8) is 0 Å². The summed E-state index contributed by atoms with van der Waals surface area (Å²) >= 11 is 4.92. The molecule has 1 aromatic rings. The van der Waals surface area contributed by atoms with Crippen molar-refractivity contribution in [2.24, 2.45) is 0 Å². The van der Waals surface area contributed by atoms with Gasteiger partial charge in [0.25, 0.3) is 0 Å². The standard InChI is InChI=1S/C9H11BrO3S/c1-13-9-7(10)5-6(14-9)3-2-4-8(11)12/h5H,2-4H2,1H3,(H,11,12). The molecule has 0 fully saturated rings. The monoisotopic (exact) mass is 278 g/mol. The predicted molar refractivity (Wildman–Crippen MR) is 59.1 cm³/mol. The number of carboxylic acid groups (broad SMARTS) is 1. The third-order valence-corrected chi connectivity index (χ3v) is 3.71. The van der Waals surface area contributed by atoms with Gasteiger partial charge in [-0.25, -0.2) is 0 Å². The Morgan fingerprint density at radius 2 is 2.43 bits per heavy atom. The Labute approximate surface area is 94.8 Å². The molecule has 0 radical (unpaired) electrons. The Balaban J connectivity index is 2.47. The van der Waals surface area contributed by atoms with Crippen molar-refractivity contribution < 1.29 is 14.6 Å². The van der Waals surface area contributed by atoms with Crippen LogP contribution in [-0.4, -0.2) is 18.2 Å². The lowest BCUT2D eigenvalue weighted by atomic mass is 10.2. The SMILES string of the molecule is COc1sc(CCCC(=O)O)cc1Br. The van der Waals surface area contributed by atoms with Crippen LogP contribution in [0.25, 0.3) is 0 Å². The Morgan fingerprint density at radius 1 is 1.71 bits per heavy atom. The second-order valence-electron chi connectivity index (χ2n) is 2.80. The number of carbonyl (C=O) groups is 1. The summed E-state index contributed by atoms with van der Waals surface area (Å²) in [5.74, 6) is -0.743. The van der Waals surface area contributed by atoms with Crippen LogP contribution in [0.4, 0.5) is 0 Å². The fraction of sp³-hybridized carbons (Fsp3) is 0.444. The molecule has 0 atom stereocenters. The average molecular weight is 279 g/mol. The Bertz CT molecular complexity index is 322. The van der Waals surface area contributed by atoms with E-state index in [-0.39, 0.29) is 6.42 Å². The Kier molecular flexibility index (Phi) is 4.41. The molecule has 78 valence electrons. The molecule has 0 saturated carbocycles. The zero-order valence-electron chi connectivity index (χ0n) is 7.75. The van der Waals surface area contributed by atoms with Crippen molar-refractivity contribution in [3.8, 4) is 5.06 Å². The van der Waals surface area contributed by atoms with Gasteiger partial charge in [0.05, 0.1) is 11.6 Å². The van der Waals surface area contributed by atoms with Gasteiger partial charge in [-0.1, -0.05) is 0 Å². The van der Waals surface area contributed by atoms with Crippen LogP contribution in [0.15, 0.2) is 10.5 Å². The highest BCUT2D eigenvalue weighted by atomic mass is 79.9. The second kappa shape index (κ2) is 5.36. The molecule has 1 aromatic heterocycles. The first kappa shape index (κ1) is 11.5. The van der Waals surface area contributed by atoms with Gasteiger partial charge >= 0.3 is 5.97 Å². The van der Waals surface area contributed by atoms with E-state index >= 15 is 0 Å². The van der Waals surface area contributed by atoms with Crippen LogP contribution in [0, 0.1) is 0 Å². The first-order valence-electron chi connectivity index (χ1n) is 4.17. The molecule has 14 heavy (non-hydrogen) atoms. The maximum atomic E-state index is 10.3. The summed E-state index contributed by atoms with van der Waals surface area (Å²) in [6.07, 6.45) is 1.68. The average Bonchev–Trinajstić information content (AvgIpc) is 2.45. The Hall–Kier alpha value is -0.550. The van der Waals surface area contributed by atoms with Crippen LogP contribution in [0.2, 0.25) is 0 Å². The number of carboxylic acids is 1. The van der Waals surface area contributed by atoms with Crippen LogP contribution in [0.1, 0.15) is 17.7 Å². The molecular formula is C9H11BrO3S. The van der Waals surface area contributed by atoms with E-state index in [1.54, 1.807) is 18.4 Å². The molecule has 0 spiro atoms. The maximum absolute atomic E-state index is 10.3. The van der Waals surface area contributed by atoms with Gasteiger partial charge in [-0.15, -0.1) is 11.3 Å². The van der Waals surface area contributed by atoms with Crippen molar-refractivity contribution in [2.45, 2.75) is 19.3 Å². The van der Waals surface area contributed by atoms with Crippen molar-refractivity contribution in [3.05, 3.63) is 15.4 Å². The summed E-state index contributed by atoms with van der Waals surface area (Å²) in [5.41, 5.74) is 0. The molecule has 5 heteroatoms. The van der Waals surface area contributed by atoms with Gasteiger partial charge < -0.3 is 9.84 Å². The lowest BCUT2D eigenvalue weighted by molar-refractivity contribution is -0.137. The van der Waals surface area contributed by atoms with Gasteiger partial charge in [0.1, 0.15) is 0 Å². The number of rotatable bonds is 5. The highest BCUT2D eigenvalue weighted by Gasteiger charge is 2.07. The number of hydrogen-bond acceptors (Lipinski definition) is 3. The summed E-state index contributed by atoms with van der Waals surface area (Å²) in [7, 11) is 1.62. The smallest absolute Gasteiger partial charge is 0.303 e. The molecule has 0 aliphatic heterocycles. The molecule has 0 saturated heterocycles. The minimum Gasteiger partial charge on any atom is -0.486 e. The number of aryl methyl sites for hydroxylation is 1. The van der Waals surface area contributed by atoms with E-state index < -0.39 is 5.97 Å². The third-order valence-electron chi connectivity index (χ3n) is 1.71. The largest absolute Gasteiger partial charge is 0.486 e. The summed E-state index contributed by atoms with van der Waals surface area (Å²) in [5, 5.41) is 9.31. The molecule has 0 amide bonds. The van der Waals surface area contributed by atoms with Crippen LogP contribution < -0.4 is 4.74 Å². The van der Waals surface area contributed by atoms with E-state index in [0.29, 0.717) is 6.42 Å². The third kappa shape index (κ3) is 3.31. The normalized spacial score (nSPS) is 10.1. The van der Waals surface area contributed by atoms with Gasteiger partial charge in [0.2, 0.25) is 0 Å².